The van der Waals surface area contributed by atoms with Gasteiger partial charge in [-0.3, -0.25) is 4.79 Å². The average molecular weight is 263 g/mol. The predicted octanol–water partition coefficient (Wildman–Crippen LogP) is 2.14. The van der Waals surface area contributed by atoms with Crippen molar-refractivity contribution in [3.8, 4) is 0 Å². The van der Waals surface area contributed by atoms with Crippen LogP contribution in [0.15, 0.2) is 35.7 Å². The summed E-state index contributed by atoms with van der Waals surface area (Å²) in [6, 6.07) is 6.57. The molecular formula is C12H11ClN4O. The number of carbonyl (C=O) groups excluding carboxylic acids is 1. The van der Waals surface area contributed by atoms with E-state index in [1.165, 1.54) is 6.21 Å². The van der Waals surface area contributed by atoms with Crippen molar-refractivity contribution in [2.75, 3.05) is 0 Å². The van der Waals surface area contributed by atoms with Crippen LogP contribution in [0.1, 0.15) is 21.7 Å². The fraction of sp³-hybridized carbons (Fsp3) is 0.0833. The number of nitrogens with one attached hydrogen (secondary N) is 2. The molecule has 2 rings (SSSR count). The van der Waals surface area contributed by atoms with Crippen LogP contribution >= 0.6 is 11.6 Å². The molecule has 0 fully saturated rings. The Bertz CT molecular complexity index is 574. The molecule has 1 aromatic carbocycles. The topological polar surface area (TPSA) is 70.1 Å². The lowest BCUT2D eigenvalue weighted by atomic mass is 10.2. The van der Waals surface area contributed by atoms with Crippen molar-refractivity contribution in [1.82, 2.24) is 15.4 Å². The highest BCUT2D eigenvalue weighted by molar-refractivity contribution is 6.30. The van der Waals surface area contributed by atoms with Gasteiger partial charge in [-0.1, -0.05) is 11.6 Å². The van der Waals surface area contributed by atoms with Crippen LogP contribution < -0.4 is 5.43 Å². The summed E-state index contributed by atoms with van der Waals surface area (Å²) >= 11 is 5.73. The first-order valence-corrected chi connectivity index (χ1v) is 5.63. The summed E-state index contributed by atoms with van der Waals surface area (Å²) in [4.78, 5) is 18.6. The first-order chi connectivity index (χ1) is 8.66. The first-order valence-electron chi connectivity index (χ1n) is 5.26. The Hall–Kier alpha value is -2.14. The van der Waals surface area contributed by atoms with Crippen molar-refractivity contribution in [2.24, 2.45) is 5.10 Å². The first kappa shape index (κ1) is 12.3. The van der Waals surface area contributed by atoms with Gasteiger partial charge in [0.05, 0.1) is 12.5 Å². The number of amides is 1. The molecule has 6 heteroatoms. The van der Waals surface area contributed by atoms with E-state index in [2.05, 4.69) is 20.5 Å². The zero-order chi connectivity index (χ0) is 13.0. The van der Waals surface area contributed by atoms with Crippen LogP contribution in [-0.4, -0.2) is 22.1 Å². The summed E-state index contributed by atoms with van der Waals surface area (Å²) in [5.74, 6) is -0.295. The summed E-state index contributed by atoms with van der Waals surface area (Å²) < 4.78 is 0. The molecule has 2 aromatic rings. The van der Waals surface area contributed by atoms with E-state index in [9.17, 15) is 4.79 Å². The van der Waals surface area contributed by atoms with Gasteiger partial charge in [0.1, 0.15) is 5.69 Å². The molecule has 0 radical (unpaired) electrons. The van der Waals surface area contributed by atoms with E-state index in [4.69, 9.17) is 11.6 Å². The number of aromatic amines is 1. The minimum Gasteiger partial charge on any atom is -0.348 e. The van der Waals surface area contributed by atoms with Gasteiger partial charge in [-0.25, -0.2) is 10.4 Å². The number of nitrogens with zero attached hydrogens (tertiary/aromatic N) is 2. The molecule has 0 aliphatic carbocycles. The van der Waals surface area contributed by atoms with Crippen molar-refractivity contribution in [3.05, 3.63) is 52.6 Å². The van der Waals surface area contributed by atoms with Crippen LogP contribution in [-0.2, 0) is 0 Å². The van der Waals surface area contributed by atoms with Crippen LogP contribution in [0.5, 0.6) is 0 Å². The Labute approximate surface area is 109 Å². The zero-order valence-electron chi connectivity index (χ0n) is 9.64. The molecule has 1 aromatic heterocycles. The maximum absolute atomic E-state index is 11.7. The second-order valence-electron chi connectivity index (χ2n) is 3.62. The van der Waals surface area contributed by atoms with Crippen molar-refractivity contribution >= 4 is 23.7 Å². The largest absolute Gasteiger partial charge is 0.348 e. The molecule has 0 aliphatic heterocycles. The highest BCUT2D eigenvalue weighted by Crippen LogP contribution is 2.09. The maximum Gasteiger partial charge on any atom is 0.271 e. The third kappa shape index (κ3) is 2.95. The number of aromatic nitrogens is 2. The molecule has 0 atom stereocenters. The molecule has 0 aliphatic rings. The van der Waals surface area contributed by atoms with Crippen LogP contribution in [0, 0.1) is 6.92 Å². The number of hydrazone groups is 1. The van der Waals surface area contributed by atoms with Gasteiger partial charge in [-0.05, 0) is 31.2 Å². The second-order valence-corrected chi connectivity index (χ2v) is 4.06. The molecule has 1 heterocycles. The molecule has 0 saturated carbocycles. The monoisotopic (exact) mass is 262 g/mol. The minimum atomic E-state index is -0.295. The number of carbonyl (C=O) groups is 1. The number of halogens is 1. The molecule has 0 bridgehead atoms. The maximum atomic E-state index is 11.7. The Balaban J connectivity index is 1.98. The Kier molecular flexibility index (Phi) is 3.74. The highest BCUT2D eigenvalue weighted by atomic mass is 35.5. The lowest BCUT2D eigenvalue weighted by Gasteiger charge is -1.99. The predicted molar refractivity (Wildman–Crippen MR) is 69.8 cm³/mol. The summed E-state index contributed by atoms with van der Waals surface area (Å²) in [7, 11) is 0. The lowest BCUT2D eigenvalue weighted by Crippen LogP contribution is -2.17. The molecule has 0 spiro atoms. The smallest absolute Gasteiger partial charge is 0.271 e. The number of hydrogen-bond donors (Lipinski definition) is 2. The number of benzene rings is 1. The van der Waals surface area contributed by atoms with Crippen molar-refractivity contribution < 1.29 is 4.79 Å². The molecule has 5 nitrogen and oxygen atoms in total. The van der Waals surface area contributed by atoms with E-state index in [1.54, 1.807) is 30.6 Å². The summed E-state index contributed by atoms with van der Waals surface area (Å²) in [6.07, 6.45) is 3.05. The Morgan fingerprint density at radius 2 is 2.17 bits per heavy atom. The molecule has 1 amide bonds. The van der Waals surface area contributed by atoms with Gasteiger partial charge in [-0.15, -0.1) is 0 Å². The Morgan fingerprint density at radius 3 is 2.78 bits per heavy atom. The standard InChI is InChI=1S/C12H11ClN4O/c1-8-11(15-7-14-8)6-16-17-12(18)9-2-4-10(13)5-3-9/h2-7H,1H3,(H,14,15)(H,17,18)/b16-6+. The minimum absolute atomic E-state index is 0.295. The van der Waals surface area contributed by atoms with Gasteiger partial charge >= 0.3 is 0 Å². The van der Waals surface area contributed by atoms with Gasteiger partial charge in [0.15, 0.2) is 0 Å². The fourth-order valence-electron chi connectivity index (χ4n) is 1.32. The van der Waals surface area contributed by atoms with E-state index >= 15 is 0 Å². The third-order valence-corrected chi connectivity index (χ3v) is 2.58. The normalized spacial score (nSPS) is 10.8. The van der Waals surface area contributed by atoms with E-state index in [-0.39, 0.29) is 5.91 Å². The van der Waals surface area contributed by atoms with Crippen LogP contribution in [0.3, 0.4) is 0 Å². The summed E-state index contributed by atoms with van der Waals surface area (Å²) in [5.41, 5.74) is 4.49. The number of H-pyrrole nitrogens is 1. The highest BCUT2D eigenvalue weighted by Gasteiger charge is 2.03. The van der Waals surface area contributed by atoms with Crippen molar-refractivity contribution in [1.29, 1.82) is 0 Å². The molecule has 2 N–H and O–H groups in total. The molecular weight excluding hydrogens is 252 g/mol. The van der Waals surface area contributed by atoms with Gasteiger partial charge in [-0.2, -0.15) is 5.10 Å². The van der Waals surface area contributed by atoms with Crippen molar-refractivity contribution in [3.63, 3.8) is 0 Å². The molecule has 0 unspecified atom stereocenters. The number of hydrogen-bond acceptors (Lipinski definition) is 3. The third-order valence-electron chi connectivity index (χ3n) is 2.33. The average Bonchev–Trinajstić information content (AvgIpc) is 2.76. The Morgan fingerprint density at radius 1 is 1.44 bits per heavy atom. The number of rotatable bonds is 3. The van der Waals surface area contributed by atoms with Gasteiger partial charge in [0.25, 0.3) is 5.91 Å². The van der Waals surface area contributed by atoms with E-state index < -0.39 is 0 Å². The van der Waals surface area contributed by atoms with Gasteiger partial charge in [0, 0.05) is 16.3 Å². The summed E-state index contributed by atoms with van der Waals surface area (Å²) in [6.45, 7) is 1.87. The number of aryl methyl sites for hydroxylation is 1. The number of imidazole rings is 1. The lowest BCUT2D eigenvalue weighted by molar-refractivity contribution is 0.0955. The van der Waals surface area contributed by atoms with Crippen LogP contribution in [0.2, 0.25) is 5.02 Å². The van der Waals surface area contributed by atoms with Gasteiger partial charge < -0.3 is 4.98 Å². The zero-order valence-corrected chi connectivity index (χ0v) is 10.4. The SMILES string of the molecule is Cc1[nH]cnc1/C=N/NC(=O)c1ccc(Cl)cc1. The van der Waals surface area contributed by atoms with E-state index in [1.807, 2.05) is 6.92 Å². The fourth-order valence-corrected chi connectivity index (χ4v) is 1.44. The van der Waals surface area contributed by atoms with Gasteiger partial charge in [0.2, 0.25) is 0 Å². The van der Waals surface area contributed by atoms with Crippen molar-refractivity contribution in [2.45, 2.75) is 6.92 Å². The van der Waals surface area contributed by atoms with Crippen LogP contribution in [0.25, 0.3) is 0 Å². The molecule has 0 saturated heterocycles. The molecule has 92 valence electrons. The van der Waals surface area contributed by atoms with E-state index in [0.29, 0.717) is 16.3 Å². The van der Waals surface area contributed by atoms with E-state index in [0.717, 1.165) is 5.69 Å². The molecule has 18 heavy (non-hydrogen) atoms. The summed E-state index contributed by atoms with van der Waals surface area (Å²) in [5, 5.41) is 4.42. The quantitative estimate of drug-likeness (QED) is 0.657. The second kappa shape index (κ2) is 5.46. The van der Waals surface area contributed by atoms with Crippen LogP contribution in [0.4, 0.5) is 0 Å².